The topological polar surface area (TPSA) is 98.4 Å². The Labute approximate surface area is 168 Å². The summed E-state index contributed by atoms with van der Waals surface area (Å²) in [6, 6.07) is 7.13. The fraction of sp³-hybridized carbons (Fsp3) is 0.400. The van der Waals surface area contributed by atoms with Gasteiger partial charge < -0.3 is 15.4 Å². The van der Waals surface area contributed by atoms with Gasteiger partial charge >= 0.3 is 0 Å². The van der Waals surface area contributed by atoms with Crippen molar-refractivity contribution in [2.75, 3.05) is 19.7 Å². The molecular weight excluding hydrogens is 380 g/mol. The molecular formula is C20H23ClN4O3. The van der Waals surface area contributed by atoms with Crippen LogP contribution in [0.25, 0.3) is 0 Å². The minimum Gasteiger partial charge on any atom is -0.493 e. The van der Waals surface area contributed by atoms with Gasteiger partial charge in [-0.3, -0.25) is 9.59 Å². The van der Waals surface area contributed by atoms with Gasteiger partial charge in [0.25, 0.3) is 5.91 Å². The van der Waals surface area contributed by atoms with Crippen LogP contribution in [0.3, 0.4) is 0 Å². The summed E-state index contributed by atoms with van der Waals surface area (Å²) in [5, 5.41) is 0.585. The lowest BCUT2D eigenvalue weighted by Gasteiger charge is -2.41. The summed E-state index contributed by atoms with van der Waals surface area (Å²) in [5.74, 6) is 0.176. The number of aromatic nitrogens is 2. The lowest BCUT2D eigenvalue weighted by molar-refractivity contribution is -0.121. The maximum Gasteiger partial charge on any atom is 0.257 e. The Hall–Kier alpha value is -2.67. The zero-order valence-corrected chi connectivity index (χ0v) is 16.5. The van der Waals surface area contributed by atoms with Crippen molar-refractivity contribution < 1.29 is 14.3 Å². The average Bonchev–Trinajstić information content (AvgIpc) is 2.67. The zero-order chi connectivity index (χ0) is 20.1. The fourth-order valence-corrected chi connectivity index (χ4v) is 3.67. The van der Waals surface area contributed by atoms with Crippen LogP contribution >= 0.6 is 11.6 Å². The van der Waals surface area contributed by atoms with E-state index in [9.17, 15) is 9.59 Å². The molecule has 7 nitrogen and oxygen atoms in total. The van der Waals surface area contributed by atoms with Gasteiger partial charge in [-0.05, 0) is 38.0 Å². The summed E-state index contributed by atoms with van der Waals surface area (Å²) in [4.78, 5) is 34.2. The average molecular weight is 403 g/mol. The number of carbonyl (C=O) groups is 2. The number of halogens is 1. The predicted molar refractivity (Wildman–Crippen MR) is 105 cm³/mol. The molecule has 2 heterocycles. The van der Waals surface area contributed by atoms with Gasteiger partial charge in [0.2, 0.25) is 5.91 Å². The highest BCUT2D eigenvalue weighted by Crippen LogP contribution is 2.36. The number of ether oxygens (including phenoxy) is 1. The van der Waals surface area contributed by atoms with Crippen LogP contribution in [0, 0.1) is 12.3 Å². The number of nitrogens with two attached hydrogens (primary N) is 1. The lowest BCUT2D eigenvalue weighted by Crippen LogP contribution is -2.47. The molecule has 1 aliphatic heterocycles. The van der Waals surface area contributed by atoms with E-state index in [2.05, 4.69) is 9.97 Å². The molecule has 2 N–H and O–H groups in total. The molecule has 0 radical (unpaired) electrons. The summed E-state index contributed by atoms with van der Waals surface area (Å²) in [6.07, 6.45) is 4.42. The SMILES string of the molecule is Cc1ncncc1C(=O)N1CCC(COc2cccc(Cl)c2)(CC(N)=O)CC1. The van der Waals surface area contributed by atoms with Gasteiger partial charge in [0.05, 0.1) is 17.9 Å². The maximum atomic E-state index is 12.8. The molecule has 0 aliphatic carbocycles. The first-order chi connectivity index (χ1) is 13.4. The normalized spacial score (nSPS) is 15.9. The third kappa shape index (κ3) is 4.78. The fourth-order valence-electron chi connectivity index (χ4n) is 3.49. The number of rotatable bonds is 6. The second-order valence-corrected chi connectivity index (χ2v) is 7.64. The standard InChI is InChI=1S/C20H23ClN4O3/c1-14-17(11-23-13-24-14)19(27)25-7-5-20(6-8-25,10-18(22)26)12-28-16-4-2-3-15(21)9-16/h2-4,9,11,13H,5-8,10,12H2,1H3,(H2,22,26). The molecule has 28 heavy (non-hydrogen) atoms. The molecule has 0 bridgehead atoms. The van der Waals surface area contributed by atoms with E-state index in [1.165, 1.54) is 12.5 Å². The minimum absolute atomic E-state index is 0.0958. The van der Waals surface area contributed by atoms with Crippen molar-refractivity contribution in [3.05, 3.63) is 53.1 Å². The third-order valence-electron chi connectivity index (χ3n) is 5.14. The summed E-state index contributed by atoms with van der Waals surface area (Å²) in [5.41, 5.74) is 6.24. The van der Waals surface area contributed by atoms with Crippen LogP contribution in [0.15, 0.2) is 36.8 Å². The van der Waals surface area contributed by atoms with E-state index < -0.39 is 5.41 Å². The van der Waals surface area contributed by atoms with Crippen molar-refractivity contribution >= 4 is 23.4 Å². The molecule has 3 rings (SSSR count). The van der Waals surface area contributed by atoms with E-state index in [1.807, 2.05) is 12.1 Å². The number of nitrogens with zero attached hydrogens (tertiary/aromatic N) is 3. The second kappa shape index (κ2) is 8.56. The summed E-state index contributed by atoms with van der Waals surface area (Å²) >= 11 is 6.00. The largest absolute Gasteiger partial charge is 0.493 e. The van der Waals surface area contributed by atoms with Crippen molar-refractivity contribution in [1.82, 2.24) is 14.9 Å². The van der Waals surface area contributed by atoms with Gasteiger partial charge in [-0.15, -0.1) is 0 Å². The number of aryl methyl sites for hydroxylation is 1. The first kappa shape index (κ1) is 20.1. The molecule has 2 amide bonds. The maximum absolute atomic E-state index is 12.8. The summed E-state index contributed by atoms with van der Waals surface area (Å²) in [7, 11) is 0. The molecule has 8 heteroatoms. The van der Waals surface area contributed by atoms with E-state index in [1.54, 1.807) is 24.0 Å². The number of benzene rings is 1. The van der Waals surface area contributed by atoms with Crippen LogP contribution in [0.5, 0.6) is 5.75 Å². The third-order valence-corrected chi connectivity index (χ3v) is 5.38. The minimum atomic E-state index is -0.410. The first-order valence-electron chi connectivity index (χ1n) is 9.11. The van der Waals surface area contributed by atoms with Crippen LogP contribution in [0.4, 0.5) is 0 Å². The van der Waals surface area contributed by atoms with Gasteiger partial charge in [-0.25, -0.2) is 9.97 Å². The number of hydrogen-bond acceptors (Lipinski definition) is 5. The van der Waals surface area contributed by atoms with E-state index >= 15 is 0 Å². The molecule has 148 valence electrons. The number of carbonyl (C=O) groups excluding carboxylic acids is 2. The van der Waals surface area contributed by atoms with Crippen molar-refractivity contribution in [3.63, 3.8) is 0 Å². The van der Waals surface area contributed by atoms with Gasteiger partial charge in [-0.2, -0.15) is 0 Å². The van der Waals surface area contributed by atoms with E-state index in [-0.39, 0.29) is 18.2 Å². The van der Waals surface area contributed by atoms with Crippen molar-refractivity contribution in [2.45, 2.75) is 26.2 Å². The Kier molecular flexibility index (Phi) is 6.14. The smallest absolute Gasteiger partial charge is 0.257 e. The lowest BCUT2D eigenvalue weighted by atomic mass is 9.76. The summed E-state index contributed by atoms with van der Waals surface area (Å²) < 4.78 is 5.91. The van der Waals surface area contributed by atoms with Gasteiger partial charge in [-0.1, -0.05) is 17.7 Å². The number of hydrogen-bond donors (Lipinski definition) is 1. The molecule has 0 unspecified atom stereocenters. The quantitative estimate of drug-likeness (QED) is 0.800. The molecule has 1 fully saturated rings. The zero-order valence-electron chi connectivity index (χ0n) is 15.7. The van der Waals surface area contributed by atoms with Crippen molar-refractivity contribution in [1.29, 1.82) is 0 Å². The van der Waals surface area contributed by atoms with Gasteiger partial charge in [0.15, 0.2) is 0 Å². The highest BCUT2D eigenvalue weighted by Gasteiger charge is 2.38. The van der Waals surface area contributed by atoms with Crippen LogP contribution in [-0.4, -0.2) is 46.4 Å². The predicted octanol–water partition coefficient (Wildman–Crippen LogP) is 2.62. The highest BCUT2D eigenvalue weighted by molar-refractivity contribution is 6.30. The first-order valence-corrected chi connectivity index (χ1v) is 9.49. The number of piperidine rings is 1. The van der Waals surface area contributed by atoms with Crippen LogP contribution in [0.1, 0.15) is 35.3 Å². The molecule has 2 aromatic rings. The molecule has 1 aliphatic rings. The molecule has 0 atom stereocenters. The summed E-state index contributed by atoms with van der Waals surface area (Å²) in [6.45, 7) is 3.15. The number of amides is 2. The Morgan fingerprint density at radius 2 is 2.07 bits per heavy atom. The Morgan fingerprint density at radius 1 is 1.32 bits per heavy atom. The molecule has 0 spiro atoms. The number of primary amides is 1. The van der Waals surface area contributed by atoms with E-state index in [0.717, 1.165) is 0 Å². The Bertz CT molecular complexity index is 866. The molecule has 1 aromatic heterocycles. The van der Waals surface area contributed by atoms with Gasteiger partial charge in [0, 0.05) is 36.1 Å². The Morgan fingerprint density at radius 3 is 2.71 bits per heavy atom. The van der Waals surface area contributed by atoms with Crippen LogP contribution < -0.4 is 10.5 Å². The van der Waals surface area contributed by atoms with Gasteiger partial charge in [0.1, 0.15) is 12.1 Å². The second-order valence-electron chi connectivity index (χ2n) is 7.20. The number of likely N-dealkylation sites (tertiary alicyclic amines) is 1. The Balaban J connectivity index is 1.68. The van der Waals surface area contributed by atoms with Crippen LogP contribution in [0.2, 0.25) is 5.02 Å². The van der Waals surface area contributed by atoms with Crippen molar-refractivity contribution in [3.8, 4) is 5.75 Å². The monoisotopic (exact) mass is 402 g/mol. The molecule has 0 saturated carbocycles. The van der Waals surface area contributed by atoms with E-state index in [4.69, 9.17) is 22.1 Å². The highest BCUT2D eigenvalue weighted by atomic mass is 35.5. The molecule has 1 saturated heterocycles. The van der Waals surface area contributed by atoms with Crippen molar-refractivity contribution in [2.24, 2.45) is 11.1 Å². The molecule has 1 aromatic carbocycles. The van der Waals surface area contributed by atoms with E-state index in [0.29, 0.717) is 54.6 Å². The van der Waals surface area contributed by atoms with Crippen LogP contribution in [-0.2, 0) is 4.79 Å².